The molecule has 8 aliphatic rings. The van der Waals surface area contributed by atoms with E-state index >= 15 is 0 Å². The van der Waals surface area contributed by atoms with Crippen molar-refractivity contribution in [3.05, 3.63) is 116 Å². The van der Waals surface area contributed by atoms with Crippen molar-refractivity contribution in [1.82, 2.24) is 26.1 Å². The summed E-state index contributed by atoms with van der Waals surface area (Å²) in [5, 5.41) is 51.7. The molecule has 27 heteroatoms. The number of carbonyl (C=O) groups is 4. The van der Waals surface area contributed by atoms with Gasteiger partial charge in [0.25, 0.3) is 5.91 Å². The first-order valence-electron chi connectivity index (χ1n) is 33.5. The van der Waals surface area contributed by atoms with Crippen molar-refractivity contribution in [2.75, 3.05) is 79.4 Å². The Morgan fingerprint density at radius 3 is 1.39 bits per heavy atom. The van der Waals surface area contributed by atoms with Crippen molar-refractivity contribution in [2.24, 2.45) is 74.1 Å². The second-order valence-electron chi connectivity index (χ2n) is 28.1. The van der Waals surface area contributed by atoms with Gasteiger partial charge in [0, 0.05) is 148 Å². The van der Waals surface area contributed by atoms with Crippen LogP contribution in [0, 0.1) is 89.3 Å². The number of hydroxylamine groups is 4. The quantitative estimate of drug-likeness (QED) is 0.0167. The Bertz CT molecular complexity index is 3540. The van der Waals surface area contributed by atoms with Gasteiger partial charge in [-0.25, -0.2) is 4.79 Å². The smallest absolute Gasteiger partial charge is 0.335 e. The normalized spacial score (nSPS) is 27.6. The number of aliphatic hydroxyl groups excluding tert-OH is 2. The van der Waals surface area contributed by atoms with Crippen LogP contribution in [0.25, 0.3) is 43.1 Å². The van der Waals surface area contributed by atoms with E-state index < -0.39 is 54.3 Å². The minimum absolute atomic E-state index is 0. The molecule has 0 spiro atoms. The Morgan fingerprint density at radius 1 is 0.691 bits per heavy atom. The van der Waals surface area contributed by atoms with Gasteiger partial charge in [-0.1, -0.05) is 88.2 Å². The van der Waals surface area contributed by atoms with Crippen LogP contribution in [-0.4, -0.2) is 177 Å². The maximum Gasteiger partial charge on any atom is 0.335 e. The largest absolute Gasteiger partial charge is 0.496 e. The average molecular weight is 1570 g/mol. The van der Waals surface area contributed by atoms with Gasteiger partial charge in [0.05, 0.1) is 70.4 Å². The van der Waals surface area contributed by atoms with E-state index in [1.165, 1.54) is 19.9 Å². The zero-order valence-electron chi connectivity index (χ0n) is 60.1. The van der Waals surface area contributed by atoms with Gasteiger partial charge in [-0.2, -0.15) is 10.1 Å². The van der Waals surface area contributed by atoms with Gasteiger partial charge in [-0.3, -0.25) is 24.1 Å². The van der Waals surface area contributed by atoms with Crippen LogP contribution < -0.4 is 41.0 Å². The summed E-state index contributed by atoms with van der Waals surface area (Å²) in [4.78, 5) is 75.3. The van der Waals surface area contributed by atoms with Crippen molar-refractivity contribution < 1.29 is 84.8 Å². The number of hydrogen-bond donors (Lipinski definition) is 7. The minimum Gasteiger partial charge on any atom is -0.496 e. The summed E-state index contributed by atoms with van der Waals surface area (Å²) >= 11 is 0. The van der Waals surface area contributed by atoms with Gasteiger partial charge in [-0.15, -0.1) is 0 Å². The van der Waals surface area contributed by atoms with E-state index in [0.717, 1.165) is 40.9 Å². The molecule has 8 N–H and O–H groups in total. The van der Waals surface area contributed by atoms with Crippen LogP contribution in [0.5, 0.6) is 11.5 Å². The number of ether oxygens (including phenoxy) is 2. The number of methoxy groups -OCH3 is 2. The number of hydrogen-bond acceptors (Lipinski definition) is 17. The third-order valence-corrected chi connectivity index (χ3v) is 21.9. The second kappa shape index (κ2) is 33.5. The number of nitrogens with two attached hydrogens (primary N) is 1. The zero-order valence-corrected chi connectivity index (χ0v) is 63.2. The number of carboxylic acid groups (broad SMARTS) is 1. The summed E-state index contributed by atoms with van der Waals surface area (Å²) in [6.07, 6.45) is 0.971. The van der Waals surface area contributed by atoms with Crippen LogP contribution in [0.3, 0.4) is 0 Å². The molecule has 2 aliphatic heterocycles. The summed E-state index contributed by atoms with van der Waals surface area (Å²) in [5.74, 6) is 0.967. The molecule has 2 saturated heterocycles. The van der Waals surface area contributed by atoms with Crippen molar-refractivity contribution in [1.29, 1.82) is 1.34 Å². The van der Waals surface area contributed by atoms with Crippen LogP contribution in [0.15, 0.2) is 83.0 Å². The van der Waals surface area contributed by atoms with Gasteiger partial charge in [0.1, 0.15) is 23.6 Å². The summed E-state index contributed by atoms with van der Waals surface area (Å²) in [6, 6.07) is 20.4. The Labute approximate surface area is 598 Å². The van der Waals surface area contributed by atoms with Crippen molar-refractivity contribution in [2.45, 2.75) is 143 Å². The van der Waals surface area contributed by atoms with E-state index in [9.17, 15) is 34.5 Å². The molecule has 6 saturated carbocycles. The number of para-hydroxylation sites is 2. The van der Waals surface area contributed by atoms with Crippen LogP contribution in [0.2, 0.25) is 0 Å². The predicted molar refractivity (Wildman–Crippen MR) is 372 cm³/mol. The number of fused-ring (bicyclic) bond motifs is 4. The summed E-state index contributed by atoms with van der Waals surface area (Å²) < 4.78 is 17.2. The molecule has 2 radical (unpaired) electrons. The van der Waals surface area contributed by atoms with E-state index in [1.54, 1.807) is 57.4 Å². The van der Waals surface area contributed by atoms with Gasteiger partial charge < -0.3 is 56.3 Å². The molecule has 4 aromatic carbocycles. The van der Waals surface area contributed by atoms with Crippen LogP contribution in [-0.2, 0) is 32.4 Å². The molecule has 97 heavy (non-hydrogen) atoms. The number of nitrogens with zero attached hydrogens (tertiary/aromatic N) is 10. The summed E-state index contributed by atoms with van der Waals surface area (Å²) in [5.41, 5.74) is 29.8. The molecule has 4 aromatic rings. The average Bonchev–Trinajstić information content (AvgIpc) is 0.903. The third kappa shape index (κ3) is 16.5. The van der Waals surface area contributed by atoms with Crippen LogP contribution >= 0.6 is 0 Å². The monoisotopic (exact) mass is 1560 g/mol. The van der Waals surface area contributed by atoms with Crippen molar-refractivity contribution >= 4 is 43.4 Å². The first kappa shape index (κ1) is 77.8. The second-order valence-corrected chi connectivity index (χ2v) is 28.1. The maximum atomic E-state index is 14.2. The van der Waals surface area contributed by atoms with E-state index in [-0.39, 0.29) is 103 Å². The Morgan fingerprint density at radius 2 is 1.07 bits per heavy atom. The van der Waals surface area contributed by atoms with Gasteiger partial charge in [0.2, 0.25) is 11.8 Å². The molecule has 6 aliphatic carbocycles. The minimum atomic E-state index is -1.04. The standard InChI is InChI=1S/C35H49N7O5.C34H46N6O6.CH5N.BH.U/c1-19-27-15-24(35(27,3)4)16-28(19)39-34(45)31-30(20(2)43)29(17-38-40-36)47-42(31)18-21-10-9-11-26(32(21)46-8)22-12-23(33(44)37-5)14-25(13-22)41(6)7;1-18-26-14-23(34(26,3)4)15-27(18)37-32(42)30-29(19(2)41)28(16-36-38-35)46-40(30)17-20-9-8-10-25(31(20)45-7)21-11-22(33(43)44)13-24(12-21)39(5)6;1-2;;/h9-14,19-20,24,27-31,43H,15-18H2,1-8H3,(H,37,44)(H,39,45);8-13,18-19,23,26-30,41H,14-17H2,1-7H3,(H,37,42)(H,43,44);2H2,1H3;1H;/t19-,20-,24+,27-,28-,29-,30+,31-;18-,19-,23+,26-,27-,28-,29+,30-;;;/m00.../s1/i;;;1T;. The number of amides is 3. The molecule has 2 heterocycles. The Balaban J connectivity index is 0.000000292. The number of carboxylic acids is 1. The number of carbonyl (C=O) groups excluding carboxylic acids is 3. The van der Waals surface area contributed by atoms with Crippen molar-refractivity contribution in [3.63, 3.8) is 0 Å². The third-order valence-electron chi connectivity index (χ3n) is 21.9. The molecule has 4 bridgehead atoms. The van der Waals surface area contributed by atoms with Gasteiger partial charge >= 0.3 is 5.97 Å². The fourth-order valence-corrected chi connectivity index (χ4v) is 16.3. The van der Waals surface area contributed by atoms with Crippen molar-refractivity contribution in [3.8, 4) is 33.8 Å². The molecule has 16 atom stereocenters. The fraction of sp³-hybridized carbons (Fsp3) is 0.600. The first-order chi connectivity index (χ1) is 46.1. The number of anilines is 2. The van der Waals surface area contributed by atoms with Gasteiger partial charge in [-0.05, 0) is 153 Å². The van der Waals surface area contributed by atoms with E-state index in [1.807, 2.05) is 98.7 Å². The number of azide groups is 2. The van der Waals surface area contributed by atoms with E-state index in [0.29, 0.717) is 69.3 Å². The number of nitrogens with one attached hydrogen (secondary N) is 3. The molecule has 8 fully saturated rings. The maximum absolute atomic E-state index is 14.2. The van der Waals surface area contributed by atoms with Gasteiger partial charge in [0.15, 0.2) is 0 Å². The van der Waals surface area contributed by atoms with Crippen LogP contribution in [0.1, 0.15) is 113 Å². The van der Waals surface area contributed by atoms with Crippen LogP contribution in [0.4, 0.5) is 11.4 Å². The molecule has 0 unspecified atom stereocenters. The predicted octanol–water partition coefficient (Wildman–Crippen LogP) is 8.80. The Hall–Kier alpha value is -6.58. The molecule has 0 aromatic heterocycles. The number of rotatable bonds is 22. The SMILES string of the molecule is CN.CNC(=O)c1cc(-c2cccc(CN3O[C@@H](CN=[N+]=[N-])[C@@H]([C@H](C)O)[C@H]3C(=O)N[C@H]3C[C@H]4C[C@@H]([C@@H]3C)C4(C)C)c2OC)cc(N(C)C)c1.COc1c(CN2O[C@@H](CN=[N+]=[N-])[C@@H]([C@H](C)O)[C@H]2C(=O)N[C@H]2C[C@H]3C[C@@H]([C@@H]2C)C3(C)C)cccc1-c1cc(C(=O)O)cc(N(C)C)c1.[3H][B].[U]. The molecule has 12 rings (SSSR count). The van der Waals surface area contributed by atoms with E-state index in [4.69, 9.17) is 31.5 Å². The molecule has 3 amide bonds. The fourth-order valence-electron chi connectivity index (χ4n) is 16.3. The summed E-state index contributed by atoms with van der Waals surface area (Å²) in [7, 11) is 17.5. The summed E-state index contributed by atoms with van der Waals surface area (Å²) in [6.45, 7) is 17.2. The van der Waals surface area contributed by atoms with E-state index in [2.05, 4.69) is 91.7 Å². The number of aliphatic hydroxyl groups is 2. The molecular formula is C70H101BN14O11U. The Kier molecular flexibility index (Phi) is 26.9. The zero-order chi connectivity index (χ0) is 71.7. The first-order valence-corrected chi connectivity index (χ1v) is 33.0. The number of benzene rings is 4. The molecular weight excluding hydrogens is 1460 g/mol. The topological polar surface area (TPSA) is 338 Å². The number of aromatic carboxylic acids is 1. The molecule has 524 valence electrons. The molecule has 25 nitrogen and oxygen atoms in total.